The van der Waals surface area contributed by atoms with E-state index in [1.165, 1.54) is 0 Å². The van der Waals surface area contributed by atoms with Gasteiger partial charge < -0.3 is 5.73 Å². The number of nitrogens with two attached hydrogens (primary N) is 1. The van der Waals surface area contributed by atoms with Crippen molar-refractivity contribution < 1.29 is 0 Å². The molecule has 2 rings (SSSR count). The lowest BCUT2D eigenvalue weighted by Crippen LogP contribution is -1.91. The van der Waals surface area contributed by atoms with E-state index < -0.39 is 0 Å². The highest BCUT2D eigenvalue weighted by molar-refractivity contribution is 7.98. The van der Waals surface area contributed by atoms with Crippen molar-refractivity contribution in [1.29, 1.82) is 0 Å². The summed E-state index contributed by atoms with van der Waals surface area (Å²) < 4.78 is 0. The molecule has 0 aliphatic heterocycles. The van der Waals surface area contributed by atoms with Gasteiger partial charge in [0, 0.05) is 28.1 Å². The molecular weight excluding hydrogens is 242 g/mol. The molecule has 0 aliphatic carbocycles. The number of anilines is 1. The minimum atomic E-state index is 0.689. The molecule has 82 valence electrons. The van der Waals surface area contributed by atoms with Gasteiger partial charge in [-0.2, -0.15) is 0 Å². The van der Waals surface area contributed by atoms with E-state index in [1.807, 2.05) is 12.1 Å². The van der Waals surface area contributed by atoms with Crippen molar-refractivity contribution in [3.8, 4) is 0 Å². The van der Waals surface area contributed by atoms with Crippen molar-refractivity contribution in [3.05, 3.63) is 47.5 Å². The van der Waals surface area contributed by atoms with Gasteiger partial charge in [-0.15, -0.1) is 11.8 Å². The average molecular weight is 252 g/mol. The number of pyridine rings is 2. The van der Waals surface area contributed by atoms with E-state index >= 15 is 0 Å². The molecule has 0 saturated carbocycles. The summed E-state index contributed by atoms with van der Waals surface area (Å²) in [4.78, 5) is 9.17. The Kier molecular flexibility index (Phi) is 3.64. The summed E-state index contributed by atoms with van der Waals surface area (Å²) in [6.07, 6.45) is 5.08. The summed E-state index contributed by atoms with van der Waals surface area (Å²) in [5, 5.41) is 0.702. The van der Waals surface area contributed by atoms with Crippen LogP contribution in [0.2, 0.25) is 5.02 Å². The number of hydrogen-bond acceptors (Lipinski definition) is 4. The molecular formula is C11H10ClN3S. The molecule has 0 aromatic carbocycles. The van der Waals surface area contributed by atoms with Crippen molar-refractivity contribution in [1.82, 2.24) is 9.97 Å². The molecule has 0 bridgehead atoms. The molecule has 2 aromatic rings. The molecule has 2 N–H and O–H groups in total. The monoisotopic (exact) mass is 251 g/mol. The van der Waals surface area contributed by atoms with Crippen LogP contribution in [0.4, 0.5) is 5.69 Å². The van der Waals surface area contributed by atoms with Crippen molar-refractivity contribution in [3.63, 3.8) is 0 Å². The second kappa shape index (κ2) is 5.18. The van der Waals surface area contributed by atoms with E-state index in [4.69, 9.17) is 17.3 Å². The van der Waals surface area contributed by atoms with Gasteiger partial charge in [0.2, 0.25) is 0 Å². The number of nitrogen functional groups attached to an aromatic ring is 1. The zero-order valence-corrected chi connectivity index (χ0v) is 10.0. The third kappa shape index (κ3) is 2.87. The van der Waals surface area contributed by atoms with Gasteiger partial charge in [-0.3, -0.25) is 9.97 Å². The second-order valence-corrected chi connectivity index (χ2v) is 4.62. The SMILES string of the molecule is Nc1cnccc1SCc1cc(Cl)ccn1. The van der Waals surface area contributed by atoms with Crippen LogP contribution in [0, 0.1) is 0 Å². The molecule has 2 heterocycles. The van der Waals surface area contributed by atoms with E-state index in [0.29, 0.717) is 10.7 Å². The maximum atomic E-state index is 5.87. The molecule has 0 atom stereocenters. The summed E-state index contributed by atoms with van der Waals surface area (Å²) in [5.74, 6) is 0.745. The Hall–Kier alpha value is -1.26. The van der Waals surface area contributed by atoms with Crippen molar-refractivity contribution in [2.75, 3.05) is 5.73 Å². The Bertz CT molecular complexity index is 490. The second-order valence-electron chi connectivity index (χ2n) is 3.17. The molecule has 0 fully saturated rings. The number of nitrogens with zero attached hydrogens (tertiary/aromatic N) is 2. The minimum absolute atomic E-state index is 0.689. The number of thioether (sulfide) groups is 1. The van der Waals surface area contributed by atoms with Crippen LogP contribution in [0.25, 0.3) is 0 Å². The number of rotatable bonds is 3. The zero-order chi connectivity index (χ0) is 11.4. The molecule has 0 unspecified atom stereocenters. The summed E-state index contributed by atoms with van der Waals surface area (Å²) >= 11 is 7.50. The van der Waals surface area contributed by atoms with Crippen LogP contribution >= 0.6 is 23.4 Å². The Morgan fingerprint density at radius 3 is 2.94 bits per heavy atom. The molecule has 0 aliphatic rings. The molecule has 0 spiro atoms. The molecule has 0 amide bonds. The maximum absolute atomic E-state index is 5.87. The normalized spacial score (nSPS) is 10.3. The average Bonchev–Trinajstić information content (AvgIpc) is 2.28. The molecule has 5 heteroatoms. The van der Waals surface area contributed by atoms with Gasteiger partial charge in [0.05, 0.1) is 17.6 Å². The van der Waals surface area contributed by atoms with Crippen molar-refractivity contribution >= 4 is 29.1 Å². The summed E-state index contributed by atoms with van der Waals surface area (Å²) in [6, 6.07) is 5.51. The summed E-state index contributed by atoms with van der Waals surface area (Å²) in [5.41, 5.74) is 7.41. The van der Waals surface area contributed by atoms with Gasteiger partial charge in [-0.1, -0.05) is 11.6 Å². The number of aromatic nitrogens is 2. The van der Waals surface area contributed by atoms with Crippen LogP contribution in [-0.2, 0) is 5.75 Å². The first-order valence-corrected chi connectivity index (χ1v) is 6.05. The Morgan fingerprint density at radius 2 is 2.19 bits per heavy atom. The minimum Gasteiger partial charge on any atom is -0.397 e. The molecule has 3 nitrogen and oxygen atoms in total. The third-order valence-electron chi connectivity index (χ3n) is 1.96. The highest BCUT2D eigenvalue weighted by atomic mass is 35.5. The summed E-state index contributed by atoms with van der Waals surface area (Å²) in [7, 11) is 0. The van der Waals surface area contributed by atoms with Crippen LogP contribution in [0.15, 0.2) is 41.7 Å². The van der Waals surface area contributed by atoms with E-state index in [-0.39, 0.29) is 0 Å². The lowest BCUT2D eigenvalue weighted by atomic mass is 10.4. The maximum Gasteiger partial charge on any atom is 0.0638 e. The zero-order valence-electron chi connectivity index (χ0n) is 8.43. The van der Waals surface area contributed by atoms with Crippen LogP contribution in [0.3, 0.4) is 0 Å². The van der Waals surface area contributed by atoms with Crippen molar-refractivity contribution in [2.24, 2.45) is 0 Å². The molecule has 2 aromatic heterocycles. The van der Waals surface area contributed by atoms with Gasteiger partial charge >= 0.3 is 0 Å². The van der Waals surface area contributed by atoms with Gasteiger partial charge in [0.25, 0.3) is 0 Å². The van der Waals surface area contributed by atoms with E-state index in [0.717, 1.165) is 16.3 Å². The molecule has 0 saturated heterocycles. The fourth-order valence-corrected chi connectivity index (χ4v) is 2.22. The molecule has 0 radical (unpaired) electrons. The number of halogens is 1. The number of hydrogen-bond donors (Lipinski definition) is 1. The van der Waals surface area contributed by atoms with E-state index in [2.05, 4.69) is 9.97 Å². The first kappa shape index (κ1) is 11.2. The standard InChI is InChI=1S/C11H10ClN3S/c12-8-1-4-15-9(5-8)7-16-11-2-3-14-6-10(11)13/h1-6H,7,13H2. The van der Waals surface area contributed by atoms with Crippen LogP contribution in [0.5, 0.6) is 0 Å². The highest BCUT2D eigenvalue weighted by Crippen LogP contribution is 2.26. The quantitative estimate of drug-likeness (QED) is 0.852. The lowest BCUT2D eigenvalue weighted by molar-refractivity contribution is 1.17. The van der Waals surface area contributed by atoms with Crippen LogP contribution in [0.1, 0.15) is 5.69 Å². The highest BCUT2D eigenvalue weighted by Gasteiger charge is 2.01. The largest absolute Gasteiger partial charge is 0.397 e. The van der Waals surface area contributed by atoms with Crippen molar-refractivity contribution in [2.45, 2.75) is 10.6 Å². The molecule has 16 heavy (non-hydrogen) atoms. The fraction of sp³-hybridized carbons (Fsp3) is 0.0909. The smallest absolute Gasteiger partial charge is 0.0638 e. The lowest BCUT2D eigenvalue weighted by Gasteiger charge is -2.04. The first-order chi connectivity index (χ1) is 7.75. The Morgan fingerprint density at radius 1 is 1.31 bits per heavy atom. The summed E-state index contributed by atoms with van der Waals surface area (Å²) in [6.45, 7) is 0. The van der Waals surface area contributed by atoms with Crippen LogP contribution in [-0.4, -0.2) is 9.97 Å². The van der Waals surface area contributed by atoms with Gasteiger partial charge in [-0.25, -0.2) is 0 Å². The third-order valence-corrected chi connectivity index (χ3v) is 3.32. The van der Waals surface area contributed by atoms with E-state index in [1.54, 1.807) is 36.4 Å². The predicted molar refractivity (Wildman–Crippen MR) is 67.5 cm³/mol. The fourth-order valence-electron chi connectivity index (χ4n) is 1.20. The van der Waals surface area contributed by atoms with E-state index in [9.17, 15) is 0 Å². The Labute approximate surface area is 103 Å². The van der Waals surface area contributed by atoms with Gasteiger partial charge in [-0.05, 0) is 18.2 Å². The Balaban J connectivity index is 2.05. The first-order valence-electron chi connectivity index (χ1n) is 4.68. The topological polar surface area (TPSA) is 51.8 Å². The van der Waals surface area contributed by atoms with Gasteiger partial charge in [0.1, 0.15) is 0 Å². The predicted octanol–water partition coefficient (Wildman–Crippen LogP) is 3.00. The van der Waals surface area contributed by atoms with Gasteiger partial charge in [0.15, 0.2) is 0 Å². The van der Waals surface area contributed by atoms with Crippen LogP contribution < -0.4 is 5.73 Å².